The van der Waals surface area contributed by atoms with Crippen molar-refractivity contribution in [2.75, 3.05) is 0 Å². The third-order valence-corrected chi connectivity index (χ3v) is 2.10. The zero-order valence-electron chi connectivity index (χ0n) is 10.9. The predicted octanol–water partition coefficient (Wildman–Crippen LogP) is -1.71. The molecule has 0 amide bonds. The molecule has 10 heteroatoms. The van der Waals surface area contributed by atoms with Crippen molar-refractivity contribution in [1.29, 1.82) is 0 Å². The number of aliphatic hydroxyl groups is 2. The summed E-state index contributed by atoms with van der Waals surface area (Å²) in [5.41, 5.74) is -1.31. The quantitative estimate of drug-likeness (QED) is 0.642. The Bertz CT molecular complexity index is 632. The molecule has 2 N–H and O–H groups in total. The Morgan fingerprint density at radius 1 is 0.864 bits per heavy atom. The van der Waals surface area contributed by atoms with E-state index in [-0.39, 0.29) is 11.5 Å². The molecule has 0 aliphatic rings. The first-order chi connectivity index (χ1) is 10.5. The molecule has 9 nitrogen and oxygen atoms in total. The molecule has 0 radical (unpaired) electrons. The summed E-state index contributed by atoms with van der Waals surface area (Å²) < 4.78 is 17.2. The van der Waals surface area contributed by atoms with Gasteiger partial charge in [-0.15, -0.1) is 0 Å². The number of rotatable bonds is 2. The summed E-state index contributed by atoms with van der Waals surface area (Å²) in [6.07, 6.45) is 2.16. The summed E-state index contributed by atoms with van der Waals surface area (Å²) in [4.78, 5) is 21.0. The fraction of sp³-hybridized carbons (Fsp3) is 0.167. The molecule has 0 spiro atoms. The molecule has 2 aromatic heterocycles. The molecule has 117 valence electrons. The van der Waals surface area contributed by atoms with Crippen LogP contribution in [0.15, 0.2) is 43.1 Å². The number of aliphatic hydroxyl groups excluding tert-OH is 2. The van der Waals surface area contributed by atoms with Gasteiger partial charge in [0.25, 0.3) is 0 Å². The molecule has 2 aromatic rings. The number of hydrogen-bond acceptors (Lipinski definition) is 9. The van der Waals surface area contributed by atoms with Crippen molar-refractivity contribution in [3.63, 3.8) is 0 Å². The topological polar surface area (TPSA) is 164 Å². The van der Waals surface area contributed by atoms with Crippen LogP contribution >= 0.6 is 0 Å². The van der Waals surface area contributed by atoms with Crippen molar-refractivity contribution in [3.8, 4) is 11.5 Å². The minimum absolute atomic E-state index is 0.215. The van der Waals surface area contributed by atoms with Gasteiger partial charge in [0.1, 0.15) is 24.7 Å². The predicted molar refractivity (Wildman–Crippen MR) is 61.4 cm³/mol. The normalized spacial score (nSPS) is 9.09. The summed E-state index contributed by atoms with van der Waals surface area (Å²) >= 11 is 1.06. The van der Waals surface area contributed by atoms with Crippen LogP contribution < -0.4 is 21.1 Å². The average molecular weight is 349 g/mol. The molecule has 2 heterocycles. The van der Waals surface area contributed by atoms with Gasteiger partial charge in [-0.25, -0.2) is 0 Å². The minimum atomic E-state index is -0.773. The van der Waals surface area contributed by atoms with Crippen LogP contribution in [0.3, 0.4) is 0 Å². The molecule has 22 heavy (non-hydrogen) atoms. The van der Waals surface area contributed by atoms with Gasteiger partial charge in [-0.2, -0.15) is 0 Å². The van der Waals surface area contributed by atoms with E-state index in [0.29, 0.717) is 0 Å². The molecular formula is C12H10O9V. The fourth-order valence-corrected chi connectivity index (χ4v) is 1.11. The van der Waals surface area contributed by atoms with E-state index in [1.165, 1.54) is 0 Å². The van der Waals surface area contributed by atoms with Gasteiger partial charge in [0.05, 0.1) is 12.5 Å². The Hall–Kier alpha value is -2.20. The first-order valence-electron chi connectivity index (χ1n) is 5.46. The fourth-order valence-electron chi connectivity index (χ4n) is 1.11. The van der Waals surface area contributed by atoms with Crippen LogP contribution in [0, 0.1) is 0 Å². The Morgan fingerprint density at radius 3 is 1.41 bits per heavy atom. The van der Waals surface area contributed by atoms with Crippen molar-refractivity contribution in [2.45, 2.75) is 13.2 Å². The van der Waals surface area contributed by atoms with Crippen LogP contribution in [0.25, 0.3) is 0 Å². The number of hydrogen-bond donors (Lipinski definition) is 2. The second-order valence-corrected chi connectivity index (χ2v) is 3.39. The van der Waals surface area contributed by atoms with E-state index in [2.05, 4.69) is 8.83 Å². The maximum absolute atomic E-state index is 10.6. The van der Waals surface area contributed by atoms with E-state index in [1.807, 2.05) is 0 Å². The van der Waals surface area contributed by atoms with Crippen molar-refractivity contribution in [3.05, 3.63) is 56.6 Å². The van der Waals surface area contributed by atoms with Gasteiger partial charge in [-0.3, -0.25) is 9.59 Å². The van der Waals surface area contributed by atoms with E-state index < -0.39 is 35.6 Å². The Morgan fingerprint density at radius 2 is 1.18 bits per heavy atom. The zero-order chi connectivity index (χ0) is 17.1. The second kappa shape index (κ2) is 10.5. The standard InChI is InChI=1S/2C6H6O4.O.V/c2*7-3-5-6(9)4(8)1-2-10-5;;/h2*1-2,7,9H,3H2;;/q;;;+2/p-2. The summed E-state index contributed by atoms with van der Waals surface area (Å²) in [5.74, 6) is -1.98. The summed E-state index contributed by atoms with van der Waals surface area (Å²) in [6.45, 7) is -1.07. The van der Waals surface area contributed by atoms with Crippen LogP contribution in [0.2, 0.25) is 0 Å². The van der Waals surface area contributed by atoms with E-state index in [1.54, 1.807) is 0 Å². The van der Waals surface area contributed by atoms with Crippen molar-refractivity contribution in [1.82, 2.24) is 0 Å². The maximum atomic E-state index is 10.6. The van der Waals surface area contributed by atoms with Crippen molar-refractivity contribution >= 4 is 0 Å². The molecule has 0 bridgehead atoms. The van der Waals surface area contributed by atoms with E-state index in [4.69, 9.17) is 13.9 Å². The summed E-state index contributed by atoms with van der Waals surface area (Å²) in [7, 11) is 0. The molecule has 0 unspecified atom stereocenters. The summed E-state index contributed by atoms with van der Waals surface area (Å²) in [5, 5.41) is 38.1. The third-order valence-electron chi connectivity index (χ3n) is 2.10. The monoisotopic (exact) mass is 349 g/mol. The van der Waals surface area contributed by atoms with Crippen LogP contribution in [-0.4, -0.2) is 10.2 Å². The first-order valence-corrected chi connectivity index (χ1v) is 6.03. The van der Waals surface area contributed by atoms with Crippen LogP contribution in [0.1, 0.15) is 11.5 Å². The molecule has 0 aliphatic carbocycles. The van der Waals surface area contributed by atoms with E-state index in [0.717, 1.165) is 42.0 Å². The zero-order valence-corrected chi connectivity index (χ0v) is 12.3. The van der Waals surface area contributed by atoms with Crippen LogP contribution in [0.4, 0.5) is 0 Å². The molecule has 0 saturated heterocycles. The molecular weight excluding hydrogens is 339 g/mol. The molecule has 2 rings (SSSR count). The summed E-state index contributed by atoms with van der Waals surface area (Å²) in [6, 6.07) is 2.03. The van der Waals surface area contributed by atoms with Gasteiger partial charge in [0, 0.05) is 12.1 Å². The van der Waals surface area contributed by atoms with Gasteiger partial charge >= 0.3 is 21.0 Å². The average Bonchev–Trinajstić information content (AvgIpc) is 2.55. The molecule has 0 atom stereocenters. The third kappa shape index (κ3) is 5.66. The van der Waals surface area contributed by atoms with Crippen molar-refractivity contribution in [2.24, 2.45) is 0 Å². The SMILES string of the molecule is O=c1ccoc(CO)c1[O-].O=c1ccoc(CO)c1[O-].[O]=[V+2]. The van der Waals surface area contributed by atoms with Gasteiger partial charge in [-0.05, 0) is 11.5 Å². The molecule has 0 saturated carbocycles. The molecule has 0 aromatic carbocycles. The van der Waals surface area contributed by atoms with Crippen molar-refractivity contribution < 1.29 is 50.3 Å². The van der Waals surface area contributed by atoms with Gasteiger partial charge < -0.3 is 29.3 Å². The Balaban J connectivity index is 0.000000360. The molecule has 0 fully saturated rings. The van der Waals surface area contributed by atoms with Gasteiger partial charge in [-0.1, -0.05) is 0 Å². The Kier molecular flexibility index (Phi) is 9.47. The van der Waals surface area contributed by atoms with E-state index in [9.17, 15) is 19.8 Å². The second-order valence-electron chi connectivity index (χ2n) is 3.39. The van der Waals surface area contributed by atoms with Crippen LogP contribution in [-0.2, 0) is 34.3 Å². The van der Waals surface area contributed by atoms with Crippen LogP contribution in [0.5, 0.6) is 11.5 Å². The van der Waals surface area contributed by atoms with E-state index >= 15 is 0 Å². The van der Waals surface area contributed by atoms with Gasteiger partial charge in [0.15, 0.2) is 10.9 Å². The molecule has 0 aliphatic heterocycles. The van der Waals surface area contributed by atoms with Gasteiger partial charge in [0.2, 0.25) is 0 Å². The Labute approximate surface area is 132 Å². The first kappa shape index (κ1) is 19.8.